The predicted molar refractivity (Wildman–Crippen MR) is 179 cm³/mol. The summed E-state index contributed by atoms with van der Waals surface area (Å²) in [7, 11) is 0. The smallest absolute Gasteiger partial charge is 0.147 e. The van der Waals surface area contributed by atoms with E-state index in [4.69, 9.17) is 0 Å². The fraction of sp³-hybridized carbons (Fsp3) is 0.263. The minimum atomic E-state index is -2.75. The molecule has 3 heteroatoms. The second-order valence-corrected chi connectivity index (χ2v) is 23.2. The van der Waals surface area contributed by atoms with Gasteiger partial charge in [-0.05, 0) is 0 Å². The van der Waals surface area contributed by atoms with E-state index in [1.807, 2.05) is 6.56 Å². The molecule has 41 heavy (non-hydrogen) atoms. The average molecular weight is 659 g/mol. The fourth-order valence-electron chi connectivity index (χ4n) is 7.77. The summed E-state index contributed by atoms with van der Waals surface area (Å²) in [5.74, 6) is 2.35. The second kappa shape index (κ2) is 11.8. The third-order valence-corrected chi connectivity index (χ3v) is 20.9. The van der Waals surface area contributed by atoms with Crippen LogP contribution in [0.25, 0.3) is 34.4 Å². The Morgan fingerprint density at radius 3 is 1.24 bits per heavy atom. The van der Waals surface area contributed by atoms with Crippen LogP contribution in [0.4, 0.5) is 0 Å². The maximum atomic E-state index is 2.71. The summed E-state index contributed by atoms with van der Waals surface area (Å²) in [5.41, 5.74) is 11.7. The molecule has 210 valence electrons. The first kappa shape index (κ1) is 30.3. The fourth-order valence-corrected chi connectivity index (χ4v) is 23.1. The van der Waals surface area contributed by atoms with Crippen LogP contribution < -0.4 is 0 Å². The predicted octanol–water partition coefficient (Wildman–Crippen LogP) is 11.8. The largest absolute Gasteiger partial charge is 0.147 e. The van der Waals surface area contributed by atoms with Gasteiger partial charge in [-0.2, -0.15) is 0 Å². The van der Waals surface area contributed by atoms with Crippen molar-refractivity contribution in [1.82, 2.24) is 0 Å². The van der Waals surface area contributed by atoms with E-state index in [0.29, 0.717) is 23.7 Å². The number of fused-ring (bicyclic) bond motifs is 2. The van der Waals surface area contributed by atoms with Gasteiger partial charge in [0.2, 0.25) is 0 Å². The summed E-state index contributed by atoms with van der Waals surface area (Å²) in [5, 5.41) is 0. The van der Waals surface area contributed by atoms with Crippen molar-refractivity contribution in [2.24, 2.45) is 11.8 Å². The number of halogens is 2. The van der Waals surface area contributed by atoms with E-state index in [2.05, 4.69) is 137 Å². The Balaban J connectivity index is 0.00000169. The van der Waals surface area contributed by atoms with Crippen molar-refractivity contribution < 1.29 is 20.3 Å². The van der Waals surface area contributed by atoms with E-state index in [1.54, 1.807) is 11.1 Å². The molecule has 0 unspecified atom stereocenters. The third-order valence-electron chi connectivity index (χ3n) is 9.58. The van der Waals surface area contributed by atoms with Crippen LogP contribution in [0.1, 0.15) is 61.8 Å². The Hall–Kier alpha value is -2.18. The van der Waals surface area contributed by atoms with Crippen molar-refractivity contribution in [3.63, 3.8) is 0 Å². The Bertz CT molecular complexity index is 1490. The van der Waals surface area contributed by atoms with E-state index < -0.39 is 20.3 Å². The van der Waals surface area contributed by atoms with E-state index in [0.717, 1.165) is 0 Å². The second-order valence-electron chi connectivity index (χ2n) is 12.6. The molecule has 0 nitrogen and oxygen atoms in total. The molecule has 2 aliphatic carbocycles. The maximum absolute atomic E-state index is 2.75. The first-order valence-electron chi connectivity index (χ1n) is 14.8. The van der Waals surface area contributed by atoms with Crippen LogP contribution >= 0.6 is 24.8 Å². The van der Waals surface area contributed by atoms with Gasteiger partial charge in [0.15, 0.2) is 0 Å². The van der Waals surface area contributed by atoms with Crippen LogP contribution in [0.15, 0.2) is 104 Å². The van der Waals surface area contributed by atoms with Crippen LogP contribution in [0.2, 0.25) is 8.26 Å². The molecule has 1 saturated heterocycles. The zero-order chi connectivity index (χ0) is 26.7. The van der Waals surface area contributed by atoms with Crippen molar-refractivity contribution in [3.05, 3.63) is 126 Å². The third kappa shape index (κ3) is 4.97. The van der Waals surface area contributed by atoms with Gasteiger partial charge in [0.1, 0.15) is 0 Å². The van der Waals surface area contributed by atoms with Crippen molar-refractivity contribution in [2.45, 2.75) is 47.8 Å². The normalized spacial score (nSPS) is 19.6. The molecular weight excluding hydrogens is 619 g/mol. The topological polar surface area (TPSA) is 0 Å². The number of hydrogen-bond donors (Lipinski definition) is 0. The van der Waals surface area contributed by atoms with Gasteiger partial charge in [0.05, 0.1) is 0 Å². The molecule has 4 aromatic carbocycles. The molecule has 0 radical (unpaired) electrons. The van der Waals surface area contributed by atoms with E-state index in [9.17, 15) is 0 Å². The molecule has 1 heterocycles. The SMILES string of the molecule is CC(C)[C@@H]1[C]([Zr]2([C]3=Cc4c(-c5ccccc5)cccc4[C@H]3C(C)C)[CH2][CH2]2)=Cc2c(-c3ccccc3)cccc21.Cl.Cl. The molecule has 0 amide bonds. The Kier molecular flexibility index (Phi) is 8.74. The summed E-state index contributed by atoms with van der Waals surface area (Å²) < 4.78 is 6.71. The van der Waals surface area contributed by atoms with Crippen LogP contribution in [-0.4, -0.2) is 0 Å². The number of allylic oxidation sites excluding steroid dienone is 2. The van der Waals surface area contributed by atoms with Gasteiger partial charge in [0, 0.05) is 0 Å². The molecule has 0 bridgehead atoms. The Labute approximate surface area is 263 Å². The maximum Gasteiger partial charge on any atom is -0.147 e. The van der Waals surface area contributed by atoms with Crippen molar-refractivity contribution >= 4 is 37.0 Å². The molecule has 1 fully saturated rings. The van der Waals surface area contributed by atoms with Gasteiger partial charge < -0.3 is 0 Å². The van der Waals surface area contributed by atoms with Crippen molar-refractivity contribution in [2.75, 3.05) is 0 Å². The molecule has 0 spiro atoms. The molecule has 7 rings (SSSR count). The van der Waals surface area contributed by atoms with Crippen molar-refractivity contribution in [1.29, 1.82) is 0 Å². The van der Waals surface area contributed by atoms with E-state index in [-0.39, 0.29) is 24.8 Å². The van der Waals surface area contributed by atoms with Gasteiger partial charge in [0.25, 0.3) is 0 Å². The van der Waals surface area contributed by atoms with Gasteiger partial charge in [-0.15, -0.1) is 24.8 Å². The van der Waals surface area contributed by atoms with Crippen LogP contribution in [0.5, 0.6) is 0 Å². The van der Waals surface area contributed by atoms with Gasteiger partial charge in [-0.3, -0.25) is 0 Å². The van der Waals surface area contributed by atoms with Gasteiger partial charge in [-0.1, -0.05) is 0 Å². The first-order valence-corrected chi connectivity index (χ1v) is 20.7. The Morgan fingerprint density at radius 2 is 0.902 bits per heavy atom. The van der Waals surface area contributed by atoms with Gasteiger partial charge >= 0.3 is 240 Å². The quantitative estimate of drug-likeness (QED) is 0.193. The number of benzene rings is 4. The molecule has 0 saturated carbocycles. The van der Waals surface area contributed by atoms with Gasteiger partial charge in [-0.25, -0.2) is 0 Å². The zero-order valence-corrected chi connectivity index (χ0v) is 28.5. The molecule has 3 aliphatic rings. The number of rotatable bonds is 6. The van der Waals surface area contributed by atoms with Crippen LogP contribution in [-0.2, 0) is 20.3 Å². The summed E-state index contributed by atoms with van der Waals surface area (Å²) in [6.45, 7) is 9.82. The Morgan fingerprint density at radius 1 is 0.512 bits per heavy atom. The van der Waals surface area contributed by atoms with Crippen LogP contribution in [0, 0.1) is 11.8 Å². The standard InChI is InChI=1S/2C18H17.C2H4.2ClH.Zr/c2*1-13(2)15-11-12-18-16(9-6-10-17(15)18)14-7-4-3-5-8-14;1-2;;;/h2*3-10,12-13,15H,1-2H3;1-2H2;2*1H;/t2*15-;;;;/m10..../s1. The van der Waals surface area contributed by atoms with E-state index in [1.165, 1.54) is 41.6 Å². The summed E-state index contributed by atoms with van der Waals surface area (Å²) >= 11 is -2.75. The van der Waals surface area contributed by atoms with Crippen LogP contribution in [0.3, 0.4) is 0 Å². The summed E-state index contributed by atoms with van der Waals surface area (Å²) in [4.78, 5) is 0. The monoisotopic (exact) mass is 656 g/mol. The minimum Gasteiger partial charge on any atom is -0.147 e. The summed E-state index contributed by atoms with van der Waals surface area (Å²) in [6.07, 6.45) is 5.43. The molecule has 4 aromatic rings. The minimum absolute atomic E-state index is 0. The molecule has 2 atom stereocenters. The summed E-state index contributed by atoms with van der Waals surface area (Å²) in [6, 6.07) is 36.2. The van der Waals surface area contributed by atoms with E-state index >= 15 is 0 Å². The molecule has 0 aromatic heterocycles. The number of hydrogen-bond acceptors (Lipinski definition) is 0. The van der Waals surface area contributed by atoms with Crippen molar-refractivity contribution in [3.8, 4) is 22.3 Å². The first-order chi connectivity index (χ1) is 19.0. The average Bonchev–Trinajstić information content (AvgIpc) is 3.50. The molecule has 0 N–H and O–H groups in total. The zero-order valence-electron chi connectivity index (χ0n) is 24.4. The molecule has 1 aliphatic heterocycles. The molecular formula is C38H40Cl2Zr.